The predicted octanol–water partition coefficient (Wildman–Crippen LogP) is 5.74. The number of benzene rings is 2. The first-order chi connectivity index (χ1) is 16.4. The molecule has 1 N–H and O–H groups in total. The molecule has 1 aliphatic heterocycles. The normalized spacial score (nSPS) is 17.7. The third kappa shape index (κ3) is 4.80. The molecule has 3 atom stereocenters. The summed E-state index contributed by atoms with van der Waals surface area (Å²) in [7, 11) is 1.64. The first-order valence-electron chi connectivity index (χ1n) is 11.5. The van der Waals surface area contributed by atoms with Gasteiger partial charge in [0.05, 0.1) is 31.4 Å². The summed E-state index contributed by atoms with van der Waals surface area (Å²) in [4.78, 5) is 17.9. The zero-order chi connectivity index (χ0) is 24.2. The molecule has 1 amide bonds. The number of ether oxygens (including phenoxy) is 1. The third-order valence-electron chi connectivity index (χ3n) is 6.36. The largest absolute Gasteiger partial charge is 0.497 e. The van der Waals surface area contributed by atoms with Crippen molar-refractivity contribution in [2.24, 2.45) is 11.8 Å². The van der Waals surface area contributed by atoms with Gasteiger partial charge in [-0.15, -0.1) is 0 Å². The van der Waals surface area contributed by atoms with Gasteiger partial charge >= 0.3 is 0 Å². The van der Waals surface area contributed by atoms with Crippen LogP contribution in [0, 0.1) is 11.8 Å². The van der Waals surface area contributed by atoms with E-state index in [-0.39, 0.29) is 23.9 Å². The number of methoxy groups -OCH3 is 1. The predicted molar refractivity (Wildman–Crippen MR) is 139 cm³/mol. The summed E-state index contributed by atoms with van der Waals surface area (Å²) < 4.78 is 11.0. The van der Waals surface area contributed by atoms with Crippen LogP contribution >= 0.6 is 12.2 Å². The highest BCUT2D eigenvalue weighted by atomic mass is 32.1. The fourth-order valence-corrected chi connectivity index (χ4v) is 4.75. The van der Waals surface area contributed by atoms with Crippen LogP contribution in [0.5, 0.6) is 5.75 Å². The highest BCUT2D eigenvalue weighted by Gasteiger charge is 2.43. The fourth-order valence-electron chi connectivity index (χ4n) is 4.35. The zero-order valence-corrected chi connectivity index (χ0v) is 20.8. The van der Waals surface area contributed by atoms with Crippen molar-refractivity contribution in [1.82, 2.24) is 4.90 Å². The average Bonchev–Trinajstić information content (AvgIpc) is 3.51. The van der Waals surface area contributed by atoms with E-state index >= 15 is 0 Å². The van der Waals surface area contributed by atoms with Gasteiger partial charge in [-0.1, -0.05) is 39.0 Å². The van der Waals surface area contributed by atoms with Gasteiger partial charge in [-0.3, -0.25) is 9.69 Å². The Bertz CT molecular complexity index is 1100. The Morgan fingerprint density at radius 2 is 1.76 bits per heavy atom. The van der Waals surface area contributed by atoms with Gasteiger partial charge in [-0.25, -0.2) is 0 Å². The van der Waals surface area contributed by atoms with Crippen LogP contribution in [0.2, 0.25) is 0 Å². The van der Waals surface area contributed by atoms with Crippen molar-refractivity contribution in [2.45, 2.75) is 32.9 Å². The summed E-state index contributed by atoms with van der Waals surface area (Å²) in [5, 5.41) is 4.03. The maximum Gasteiger partial charge on any atom is 0.234 e. The SMILES string of the molecule is COc1ccc(N[C@H](c2ccco2)[C@@H](C)C(=O)N2C(=S)N(c3ccccc3)C[C@@H]2C(C)C)cc1. The van der Waals surface area contributed by atoms with Crippen molar-refractivity contribution in [3.05, 3.63) is 78.8 Å². The second-order valence-corrected chi connectivity index (χ2v) is 9.27. The Morgan fingerprint density at radius 1 is 1.06 bits per heavy atom. The Kier molecular flexibility index (Phi) is 7.22. The molecule has 1 aromatic heterocycles. The van der Waals surface area contributed by atoms with E-state index in [2.05, 4.69) is 24.1 Å². The fraction of sp³-hybridized carbons (Fsp3) is 0.333. The van der Waals surface area contributed by atoms with Crippen LogP contribution in [0.15, 0.2) is 77.4 Å². The van der Waals surface area contributed by atoms with Crippen LogP contribution < -0.4 is 15.0 Å². The minimum Gasteiger partial charge on any atom is -0.497 e. The number of carbonyl (C=O) groups is 1. The number of amides is 1. The quantitative estimate of drug-likeness (QED) is 0.418. The number of carbonyl (C=O) groups excluding carboxylic acids is 1. The molecular weight excluding hydrogens is 446 g/mol. The van der Waals surface area contributed by atoms with Crippen molar-refractivity contribution >= 4 is 34.6 Å². The number of thiocarbonyl (C=S) groups is 1. The van der Waals surface area contributed by atoms with Gasteiger partial charge in [-0.2, -0.15) is 0 Å². The molecule has 2 aromatic carbocycles. The van der Waals surface area contributed by atoms with E-state index in [1.807, 2.05) is 78.6 Å². The molecule has 2 heterocycles. The molecular formula is C27H31N3O3S. The van der Waals surface area contributed by atoms with Gasteiger partial charge in [0.2, 0.25) is 5.91 Å². The number of hydrogen-bond acceptors (Lipinski definition) is 5. The van der Waals surface area contributed by atoms with E-state index in [4.69, 9.17) is 21.4 Å². The number of para-hydroxylation sites is 1. The van der Waals surface area contributed by atoms with E-state index in [0.717, 1.165) is 17.1 Å². The second kappa shape index (κ2) is 10.3. The Balaban J connectivity index is 1.61. The number of furan rings is 1. The molecule has 34 heavy (non-hydrogen) atoms. The topological polar surface area (TPSA) is 58.0 Å². The molecule has 1 aliphatic rings. The first-order valence-corrected chi connectivity index (χ1v) is 11.9. The van der Waals surface area contributed by atoms with Crippen molar-refractivity contribution < 1.29 is 13.9 Å². The highest BCUT2D eigenvalue weighted by Crippen LogP contribution is 2.34. The molecule has 7 heteroatoms. The van der Waals surface area contributed by atoms with Crippen LogP contribution in [-0.4, -0.2) is 35.6 Å². The lowest BCUT2D eigenvalue weighted by atomic mass is 9.95. The molecule has 1 fully saturated rings. The van der Waals surface area contributed by atoms with Gasteiger partial charge in [-0.05, 0) is 66.7 Å². The minimum atomic E-state index is -0.428. The maximum atomic E-state index is 14.0. The lowest BCUT2D eigenvalue weighted by Crippen LogP contribution is -2.46. The number of rotatable bonds is 8. The van der Waals surface area contributed by atoms with E-state index in [1.54, 1.807) is 13.4 Å². The lowest BCUT2D eigenvalue weighted by molar-refractivity contribution is -0.133. The van der Waals surface area contributed by atoms with Gasteiger partial charge < -0.3 is 19.4 Å². The van der Waals surface area contributed by atoms with Gasteiger partial charge in [0, 0.05) is 17.9 Å². The molecule has 0 bridgehead atoms. The van der Waals surface area contributed by atoms with E-state index in [9.17, 15) is 4.79 Å². The van der Waals surface area contributed by atoms with Crippen molar-refractivity contribution in [3.8, 4) is 5.75 Å². The molecule has 6 nitrogen and oxygen atoms in total. The summed E-state index contributed by atoms with van der Waals surface area (Å²) in [6.07, 6.45) is 1.63. The summed E-state index contributed by atoms with van der Waals surface area (Å²) in [6.45, 7) is 6.87. The standard InChI is InChI=1S/C27H31N3O3S/c1-18(2)23-17-29(21-9-6-5-7-10-21)27(34)30(23)26(31)19(3)25(24-11-8-16-33-24)28-20-12-14-22(32-4)15-13-20/h5-16,18-19,23,25,28H,17H2,1-4H3/t19-,23-,25+/m1/s1. The Morgan fingerprint density at radius 3 is 2.35 bits per heavy atom. The lowest BCUT2D eigenvalue weighted by Gasteiger charge is -2.31. The molecule has 0 aliphatic carbocycles. The van der Waals surface area contributed by atoms with E-state index in [0.29, 0.717) is 17.4 Å². The molecule has 3 aromatic rings. The number of anilines is 2. The van der Waals surface area contributed by atoms with Crippen molar-refractivity contribution in [1.29, 1.82) is 0 Å². The average molecular weight is 478 g/mol. The summed E-state index contributed by atoms with van der Waals surface area (Å²) in [6, 6.07) is 21.0. The number of nitrogens with one attached hydrogen (secondary N) is 1. The summed E-state index contributed by atoms with van der Waals surface area (Å²) >= 11 is 5.85. The molecule has 4 rings (SSSR count). The third-order valence-corrected chi connectivity index (χ3v) is 6.78. The van der Waals surface area contributed by atoms with E-state index in [1.165, 1.54) is 0 Å². The molecule has 0 radical (unpaired) electrons. The maximum absolute atomic E-state index is 14.0. The molecule has 0 unspecified atom stereocenters. The van der Waals surface area contributed by atoms with Crippen molar-refractivity contribution in [2.75, 3.05) is 23.9 Å². The number of hydrogen-bond donors (Lipinski definition) is 1. The van der Waals surface area contributed by atoms with Crippen LogP contribution in [0.4, 0.5) is 11.4 Å². The van der Waals surface area contributed by atoms with Gasteiger partial charge in [0.25, 0.3) is 0 Å². The van der Waals surface area contributed by atoms with Crippen molar-refractivity contribution in [3.63, 3.8) is 0 Å². The number of nitrogens with zero attached hydrogens (tertiary/aromatic N) is 2. The first kappa shape index (κ1) is 23.8. The van der Waals surface area contributed by atoms with Crippen LogP contribution in [0.3, 0.4) is 0 Å². The Hall–Kier alpha value is -3.32. The van der Waals surface area contributed by atoms with Gasteiger partial charge in [0.1, 0.15) is 11.5 Å². The smallest absolute Gasteiger partial charge is 0.234 e. The Labute approximate surface area is 206 Å². The van der Waals surface area contributed by atoms with Gasteiger partial charge in [0.15, 0.2) is 5.11 Å². The van der Waals surface area contributed by atoms with Crippen LogP contribution in [0.1, 0.15) is 32.6 Å². The summed E-state index contributed by atoms with van der Waals surface area (Å²) in [5.41, 5.74) is 1.87. The minimum absolute atomic E-state index is 0.0131. The van der Waals surface area contributed by atoms with E-state index < -0.39 is 5.92 Å². The second-order valence-electron chi connectivity index (χ2n) is 8.90. The molecule has 0 saturated carbocycles. The highest BCUT2D eigenvalue weighted by molar-refractivity contribution is 7.80. The van der Waals surface area contributed by atoms with Crippen LogP contribution in [-0.2, 0) is 4.79 Å². The summed E-state index contributed by atoms with van der Waals surface area (Å²) in [5.74, 6) is 1.27. The van der Waals surface area contributed by atoms with Crippen LogP contribution in [0.25, 0.3) is 0 Å². The molecule has 1 saturated heterocycles. The molecule has 0 spiro atoms. The zero-order valence-electron chi connectivity index (χ0n) is 20.0. The molecule has 178 valence electrons. The monoisotopic (exact) mass is 477 g/mol.